The number of carbonyl (C=O) groups excluding carboxylic acids is 1. The molecule has 59 heavy (non-hydrogen) atoms. The highest BCUT2D eigenvalue weighted by Crippen LogP contribution is 2.30. The van der Waals surface area contributed by atoms with Crippen LogP contribution in [0.25, 0.3) is 0 Å². The first-order chi connectivity index (χ1) is 28.6. The first kappa shape index (κ1) is 53.6. The normalized spacial score (nSPS) is 28.7. The summed E-state index contributed by atoms with van der Waals surface area (Å²) in [5.41, 5.74) is 0. The molecule has 0 aromatic heterocycles. The van der Waals surface area contributed by atoms with E-state index in [1.54, 1.807) is 6.08 Å². The largest absolute Gasteiger partial charge is 0.394 e. The second kappa shape index (κ2) is 33.1. The molecule has 12 atom stereocenters. The Balaban J connectivity index is 1.84. The zero-order chi connectivity index (χ0) is 43.3. The van der Waals surface area contributed by atoms with E-state index in [1.165, 1.54) is 83.5 Å². The minimum absolute atomic E-state index is 0.249. The Kier molecular flexibility index (Phi) is 30.1. The number of carbonyl (C=O) groups is 1. The molecule has 0 radical (unpaired) electrons. The van der Waals surface area contributed by atoms with Crippen molar-refractivity contribution in [3.05, 3.63) is 24.3 Å². The number of aliphatic hydroxyl groups is 8. The predicted octanol–water partition coefficient (Wildman–Crippen LogP) is 4.60. The van der Waals surface area contributed by atoms with Gasteiger partial charge >= 0.3 is 0 Å². The van der Waals surface area contributed by atoms with E-state index < -0.39 is 86.8 Å². The molecule has 0 saturated carbocycles. The Hall–Kier alpha value is -1.53. The van der Waals surface area contributed by atoms with Gasteiger partial charge < -0.3 is 65.1 Å². The maximum Gasteiger partial charge on any atom is 0.220 e. The van der Waals surface area contributed by atoms with Gasteiger partial charge in [0.05, 0.1) is 32.0 Å². The topological polar surface area (TPSA) is 228 Å². The molecule has 2 aliphatic heterocycles. The molecule has 0 aliphatic carbocycles. The summed E-state index contributed by atoms with van der Waals surface area (Å²) >= 11 is 0. The van der Waals surface area contributed by atoms with Gasteiger partial charge in [0.1, 0.15) is 48.8 Å². The van der Waals surface area contributed by atoms with Crippen molar-refractivity contribution < 1.29 is 64.6 Å². The Morgan fingerprint density at radius 1 is 0.593 bits per heavy atom. The van der Waals surface area contributed by atoms with Gasteiger partial charge in [-0.05, 0) is 44.9 Å². The fraction of sp³-hybridized carbons (Fsp3) is 0.889. The summed E-state index contributed by atoms with van der Waals surface area (Å²) in [4.78, 5) is 13.1. The summed E-state index contributed by atoms with van der Waals surface area (Å²) in [5.74, 6) is -0.249. The van der Waals surface area contributed by atoms with Crippen molar-refractivity contribution in [2.24, 2.45) is 0 Å². The highest BCUT2D eigenvalue weighted by atomic mass is 16.7. The van der Waals surface area contributed by atoms with E-state index in [0.717, 1.165) is 51.4 Å². The summed E-state index contributed by atoms with van der Waals surface area (Å²) in [7, 11) is 0. The number of aliphatic hydroxyl groups excluding tert-OH is 8. The van der Waals surface area contributed by atoms with Gasteiger partial charge in [-0.3, -0.25) is 4.79 Å². The highest BCUT2D eigenvalue weighted by Gasteiger charge is 2.50. The summed E-state index contributed by atoms with van der Waals surface area (Å²) in [6.07, 6.45) is 16.7. The van der Waals surface area contributed by atoms with Crippen molar-refractivity contribution in [1.29, 1.82) is 0 Å². The van der Waals surface area contributed by atoms with Crippen LogP contribution in [-0.4, -0.2) is 140 Å². The zero-order valence-electron chi connectivity index (χ0n) is 36.2. The summed E-state index contributed by atoms with van der Waals surface area (Å²) in [6, 6.07) is -0.910. The van der Waals surface area contributed by atoms with E-state index in [1.807, 2.05) is 6.08 Å². The number of amides is 1. The number of hydrogen-bond donors (Lipinski definition) is 9. The molecule has 2 fully saturated rings. The van der Waals surface area contributed by atoms with Crippen LogP contribution in [0.5, 0.6) is 0 Å². The molecule has 0 bridgehead atoms. The van der Waals surface area contributed by atoms with Crippen molar-refractivity contribution in [3.63, 3.8) is 0 Å². The molecule has 0 aromatic rings. The van der Waals surface area contributed by atoms with Gasteiger partial charge in [0.2, 0.25) is 5.91 Å². The van der Waals surface area contributed by atoms with Crippen LogP contribution in [0.1, 0.15) is 162 Å². The molecule has 2 rings (SSSR count). The molecular formula is C45H83NO13. The van der Waals surface area contributed by atoms with Crippen LogP contribution >= 0.6 is 0 Å². The van der Waals surface area contributed by atoms with Gasteiger partial charge in [0, 0.05) is 6.42 Å². The Morgan fingerprint density at radius 3 is 1.61 bits per heavy atom. The second-order valence-corrected chi connectivity index (χ2v) is 16.5. The number of rotatable bonds is 34. The van der Waals surface area contributed by atoms with Crippen molar-refractivity contribution >= 4 is 5.91 Å². The number of allylic oxidation sites excluding steroid dienone is 3. The Bertz CT molecular complexity index is 1090. The smallest absolute Gasteiger partial charge is 0.220 e. The van der Waals surface area contributed by atoms with E-state index >= 15 is 0 Å². The summed E-state index contributed by atoms with van der Waals surface area (Å²) in [6.45, 7) is 2.71. The van der Waals surface area contributed by atoms with Gasteiger partial charge in [0.15, 0.2) is 12.6 Å². The fourth-order valence-corrected chi connectivity index (χ4v) is 7.52. The third-order valence-corrected chi connectivity index (χ3v) is 11.4. The van der Waals surface area contributed by atoms with E-state index in [4.69, 9.17) is 18.9 Å². The number of unbranched alkanes of at least 4 members (excludes halogenated alkanes) is 19. The molecule has 0 spiro atoms. The van der Waals surface area contributed by atoms with Gasteiger partial charge in [-0.1, -0.05) is 134 Å². The van der Waals surface area contributed by atoms with Gasteiger partial charge in [0.25, 0.3) is 0 Å². The molecule has 2 saturated heterocycles. The first-order valence-corrected chi connectivity index (χ1v) is 23.1. The third kappa shape index (κ3) is 21.4. The molecule has 14 heteroatoms. The van der Waals surface area contributed by atoms with E-state index in [9.17, 15) is 45.6 Å². The molecule has 14 nitrogen and oxygen atoms in total. The number of nitrogens with one attached hydrogen (secondary N) is 1. The summed E-state index contributed by atoms with van der Waals surface area (Å²) in [5, 5.41) is 86.3. The predicted molar refractivity (Wildman–Crippen MR) is 226 cm³/mol. The fourth-order valence-electron chi connectivity index (χ4n) is 7.52. The van der Waals surface area contributed by atoms with E-state index in [-0.39, 0.29) is 18.9 Å². The molecule has 1 amide bonds. The third-order valence-electron chi connectivity index (χ3n) is 11.4. The minimum atomic E-state index is -1.78. The molecule has 9 N–H and O–H groups in total. The number of hydrogen-bond acceptors (Lipinski definition) is 13. The monoisotopic (exact) mass is 846 g/mol. The lowest BCUT2D eigenvalue weighted by Gasteiger charge is -2.46. The van der Waals surface area contributed by atoms with Gasteiger partial charge in [-0.2, -0.15) is 0 Å². The molecule has 2 heterocycles. The first-order valence-electron chi connectivity index (χ1n) is 23.1. The van der Waals surface area contributed by atoms with Crippen molar-refractivity contribution in [2.75, 3.05) is 19.8 Å². The van der Waals surface area contributed by atoms with Crippen LogP contribution in [-0.2, 0) is 23.7 Å². The van der Waals surface area contributed by atoms with Gasteiger partial charge in [-0.15, -0.1) is 0 Å². The van der Waals surface area contributed by atoms with Crippen LogP contribution in [0.3, 0.4) is 0 Å². The maximum atomic E-state index is 13.1. The quantitative estimate of drug-likeness (QED) is 0.0319. The zero-order valence-corrected chi connectivity index (χ0v) is 36.2. The van der Waals surface area contributed by atoms with E-state index in [0.29, 0.717) is 6.42 Å². The van der Waals surface area contributed by atoms with Crippen LogP contribution in [0.2, 0.25) is 0 Å². The molecule has 0 aromatic carbocycles. The SMILES string of the molecule is CCCCCCCC/C=C\CCCCCCCCCC(=O)NC(COC1OC(CO)C(OC2OC(CO)C(O)C(O)C2O)C(O)C1O)C(O)/C=C/CCCCCCCC. The van der Waals surface area contributed by atoms with Crippen molar-refractivity contribution in [2.45, 2.75) is 235 Å². The average molecular weight is 846 g/mol. The highest BCUT2D eigenvalue weighted by molar-refractivity contribution is 5.76. The van der Waals surface area contributed by atoms with Crippen LogP contribution in [0.4, 0.5) is 0 Å². The van der Waals surface area contributed by atoms with Crippen molar-refractivity contribution in [3.8, 4) is 0 Å². The molecule has 2 aliphatic rings. The second-order valence-electron chi connectivity index (χ2n) is 16.5. The lowest BCUT2D eigenvalue weighted by atomic mass is 9.97. The van der Waals surface area contributed by atoms with Gasteiger partial charge in [-0.25, -0.2) is 0 Å². The van der Waals surface area contributed by atoms with Crippen molar-refractivity contribution in [1.82, 2.24) is 5.32 Å². The molecule has 346 valence electrons. The lowest BCUT2D eigenvalue weighted by molar-refractivity contribution is -0.359. The Morgan fingerprint density at radius 2 is 1.07 bits per heavy atom. The molecular weight excluding hydrogens is 762 g/mol. The Labute approximate surface area is 354 Å². The van der Waals surface area contributed by atoms with Crippen LogP contribution in [0.15, 0.2) is 24.3 Å². The molecule has 12 unspecified atom stereocenters. The standard InChI is InChI=1S/C45H83NO13/c1-3-5-7-9-11-13-14-15-16-17-18-19-20-21-23-25-27-29-37(50)46-33(34(49)28-26-24-22-12-10-8-6-4-2)32-56-44-42(55)40(53)43(36(31-48)58-44)59-45-41(54)39(52)38(51)35(30-47)57-45/h15-16,26,28,33-36,38-45,47-49,51-55H,3-14,17-25,27,29-32H2,1-2H3,(H,46,50)/b16-15-,28-26+. The average Bonchev–Trinajstić information content (AvgIpc) is 3.23. The maximum absolute atomic E-state index is 13.1. The van der Waals surface area contributed by atoms with Crippen LogP contribution < -0.4 is 5.32 Å². The summed E-state index contributed by atoms with van der Waals surface area (Å²) < 4.78 is 22.6. The van der Waals surface area contributed by atoms with Crippen LogP contribution in [0, 0.1) is 0 Å². The minimum Gasteiger partial charge on any atom is -0.394 e. The number of ether oxygens (including phenoxy) is 4. The van der Waals surface area contributed by atoms with E-state index in [2.05, 4.69) is 31.3 Å². The lowest BCUT2D eigenvalue weighted by Crippen LogP contribution is -2.65.